The summed E-state index contributed by atoms with van der Waals surface area (Å²) >= 11 is 0. The number of unbranched alkanes of at least 4 members (excludes halogenated alkanes) is 23. The van der Waals surface area contributed by atoms with Crippen molar-refractivity contribution >= 4 is 11.7 Å². The molecule has 1 amide bonds. The van der Waals surface area contributed by atoms with Gasteiger partial charge in [-0.25, -0.2) is 0 Å². The number of Topliss-reactive ketones (excluding diaryl/α,β-unsaturated/α-hetero) is 1. The number of nitrogens with one attached hydrogen (secondary N) is 1. The summed E-state index contributed by atoms with van der Waals surface area (Å²) in [6, 6.07) is 0. The van der Waals surface area contributed by atoms with Crippen molar-refractivity contribution in [1.82, 2.24) is 5.32 Å². The van der Waals surface area contributed by atoms with E-state index >= 15 is 0 Å². The first kappa shape index (κ1) is 42.8. The average Bonchev–Trinajstić information content (AvgIpc) is 3.03. The Kier molecular flexibility index (Phi) is 30.9. The third-order valence-electron chi connectivity index (χ3n) is 9.32. The van der Waals surface area contributed by atoms with E-state index in [2.05, 4.69) is 31.3 Å². The number of aliphatic hydroxyl groups excluding tert-OH is 2. The quantitative estimate of drug-likeness (QED) is 0.0493. The van der Waals surface area contributed by atoms with E-state index < -0.39 is 18.2 Å². The lowest BCUT2D eigenvalue weighted by Gasteiger charge is -2.35. The number of carbonyl (C=O) groups excluding carboxylic acids is 2. The molecule has 0 aliphatic heterocycles. The van der Waals surface area contributed by atoms with Crippen molar-refractivity contribution in [3.8, 4) is 0 Å². The molecule has 260 valence electrons. The third kappa shape index (κ3) is 24.1. The van der Waals surface area contributed by atoms with Crippen molar-refractivity contribution in [2.75, 3.05) is 6.61 Å². The van der Waals surface area contributed by atoms with Crippen LogP contribution in [0.1, 0.15) is 207 Å². The van der Waals surface area contributed by atoms with Gasteiger partial charge in [-0.15, -0.1) is 0 Å². The van der Waals surface area contributed by atoms with Crippen LogP contribution in [-0.2, 0) is 9.59 Å². The summed E-state index contributed by atoms with van der Waals surface area (Å²) in [6.07, 6.45) is 36.0. The Balaban J connectivity index is 3.98. The van der Waals surface area contributed by atoms with Crippen molar-refractivity contribution in [1.29, 1.82) is 0 Å². The fourth-order valence-electron chi connectivity index (χ4n) is 6.05. The zero-order valence-corrected chi connectivity index (χ0v) is 29.7. The van der Waals surface area contributed by atoms with Gasteiger partial charge >= 0.3 is 0 Å². The standard InChI is InChI=1S/C39H75NO4/c1-4-7-9-11-13-15-17-19-20-22-23-25-27-29-31-33-36(42)38(44)39(6-3,35-41)40-37(43)34-32-30-28-26-24-21-18-16-14-12-10-8-5-2/h19-20,38,41,44H,4-18,21-35H2,1-3H3,(H,40,43)/b20-19-. The number of hydrogen-bond acceptors (Lipinski definition) is 4. The number of hydrogen-bond donors (Lipinski definition) is 3. The van der Waals surface area contributed by atoms with E-state index in [0.717, 1.165) is 51.4 Å². The predicted octanol–water partition coefficient (Wildman–Crippen LogP) is 10.7. The summed E-state index contributed by atoms with van der Waals surface area (Å²) < 4.78 is 0. The van der Waals surface area contributed by atoms with Gasteiger partial charge in [0, 0.05) is 12.8 Å². The fourth-order valence-corrected chi connectivity index (χ4v) is 6.05. The Morgan fingerprint density at radius 3 is 1.32 bits per heavy atom. The second-order valence-corrected chi connectivity index (χ2v) is 13.4. The summed E-state index contributed by atoms with van der Waals surface area (Å²) in [6.45, 7) is 5.88. The Morgan fingerprint density at radius 1 is 0.568 bits per heavy atom. The smallest absolute Gasteiger partial charge is 0.220 e. The molecule has 0 heterocycles. The number of allylic oxidation sites excluding steroid dienone is 2. The zero-order valence-electron chi connectivity index (χ0n) is 29.7. The highest BCUT2D eigenvalue weighted by Crippen LogP contribution is 2.20. The number of rotatable bonds is 34. The molecule has 5 heteroatoms. The minimum absolute atomic E-state index is 0.183. The topological polar surface area (TPSA) is 86.6 Å². The Hall–Kier alpha value is -1.20. The maximum absolute atomic E-state index is 12.8. The van der Waals surface area contributed by atoms with Crippen molar-refractivity contribution in [3.63, 3.8) is 0 Å². The van der Waals surface area contributed by atoms with E-state index in [1.807, 2.05) is 0 Å². The van der Waals surface area contributed by atoms with Crippen molar-refractivity contribution in [2.45, 2.75) is 219 Å². The Morgan fingerprint density at radius 2 is 0.932 bits per heavy atom. The highest BCUT2D eigenvalue weighted by molar-refractivity contribution is 5.86. The Labute approximate surface area is 273 Å². The van der Waals surface area contributed by atoms with Crippen molar-refractivity contribution in [3.05, 3.63) is 12.2 Å². The van der Waals surface area contributed by atoms with Crippen molar-refractivity contribution in [2.24, 2.45) is 0 Å². The van der Waals surface area contributed by atoms with Crippen LogP contribution in [0.15, 0.2) is 12.2 Å². The van der Waals surface area contributed by atoms with Crippen molar-refractivity contribution < 1.29 is 19.8 Å². The molecule has 0 spiro atoms. The molecule has 44 heavy (non-hydrogen) atoms. The number of carbonyl (C=O) groups is 2. The Bertz CT molecular complexity index is 673. The molecule has 0 fully saturated rings. The van der Waals surface area contributed by atoms with Gasteiger partial charge in [-0.2, -0.15) is 0 Å². The number of aliphatic hydroxyl groups is 2. The zero-order chi connectivity index (χ0) is 32.6. The molecule has 0 aromatic carbocycles. The highest BCUT2D eigenvalue weighted by Gasteiger charge is 2.40. The van der Waals surface area contributed by atoms with Crippen LogP contribution in [0.2, 0.25) is 0 Å². The molecule has 0 bridgehead atoms. The molecule has 0 saturated heterocycles. The molecule has 3 N–H and O–H groups in total. The van der Waals surface area contributed by atoms with Gasteiger partial charge in [0.05, 0.1) is 12.1 Å². The first-order valence-corrected chi connectivity index (χ1v) is 19.2. The van der Waals surface area contributed by atoms with Gasteiger partial charge < -0.3 is 15.5 Å². The van der Waals surface area contributed by atoms with Crippen LogP contribution in [0.5, 0.6) is 0 Å². The van der Waals surface area contributed by atoms with Crippen LogP contribution in [0.25, 0.3) is 0 Å². The molecule has 5 nitrogen and oxygen atoms in total. The minimum atomic E-state index is -1.37. The molecule has 0 aliphatic carbocycles. The van der Waals surface area contributed by atoms with Crippen LogP contribution in [0, 0.1) is 0 Å². The molecule has 2 atom stereocenters. The predicted molar refractivity (Wildman–Crippen MR) is 189 cm³/mol. The summed E-state index contributed by atoms with van der Waals surface area (Å²) in [5, 5.41) is 23.8. The van der Waals surface area contributed by atoms with Crippen LogP contribution in [-0.4, -0.2) is 40.2 Å². The number of amides is 1. The maximum atomic E-state index is 12.8. The molecule has 0 rings (SSSR count). The van der Waals surface area contributed by atoms with Gasteiger partial charge in [0.25, 0.3) is 0 Å². The summed E-state index contributed by atoms with van der Waals surface area (Å²) in [5.41, 5.74) is -1.29. The highest BCUT2D eigenvalue weighted by atomic mass is 16.3. The maximum Gasteiger partial charge on any atom is 0.220 e. The minimum Gasteiger partial charge on any atom is -0.394 e. The van der Waals surface area contributed by atoms with Gasteiger partial charge in [-0.05, 0) is 44.9 Å². The molecule has 0 aromatic heterocycles. The molecular formula is C39H75NO4. The first-order chi connectivity index (χ1) is 21.5. The van der Waals surface area contributed by atoms with E-state index in [4.69, 9.17) is 0 Å². The fraction of sp³-hybridized carbons (Fsp3) is 0.897. The monoisotopic (exact) mass is 622 g/mol. The summed E-state index contributed by atoms with van der Waals surface area (Å²) in [7, 11) is 0. The lowest BCUT2D eigenvalue weighted by atomic mass is 9.85. The average molecular weight is 622 g/mol. The van der Waals surface area contributed by atoms with E-state index in [1.165, 1.54) is 116 Å². The van der Waals surface area contributed by atoms with Gasteiger partial charge in [0.2, 0.25) is 5.91 Å². The van der Waals surface area contributed by atoms with E-state index in [-0.39, 0.29) is 18.1 Å². The van der Waals surface area contributed by atoms with Crippen LogP contribution >= 0.6 is 0 Å². The molecular weight excluding hydrogens is 546 g/mol. The largest absolute Gasteiger partial charge is 0.394 e. The second kappa shape index (κ2) is 31.8. The molecule has 0 radical (unpaired) electrons. The van der Waals surface area contributed by atoms with E-state index in [9.17, 15) is 19.8 Å². The second-order valence-electron chi connectivity index (χ2n) is 13.4. The summed E-state index contributed by atoms with van der Waals surface area (Å²) in [5.74, 6) is -0.461. The molecule has 0 saturated carbocycles. The lowest BCUT2D eigenvalue weighted by molar-refractivity contribution is -0.137. The SMILES string of the molecule is CCCCCCCC/C=C\CCCCCCCC(=O)C(O)C(CC)(CO)NC(=O)CCCCCCCCCCCCCCC. The van der Waals surface area contributed by atoms with Crippen LogP contribution in [0.4, 0.5) is 0 Å². The first-order valence-electron chi connectivity index (χ1n) is 19.2. The summed E-state index contributed by atoms with van der Waals surface area (Å²) in [4.78, 5) is 25.4. The van der Waals surface area contributed by atoms with Gasteiger partial charge in [-0.3, -0.25) is 9.59 Å². The van der Waals surface area contributed by atoms with Gasteiger partial charge in [0.1, 0.15) is 6.10 Å². The molecule has 0 aliphatic rings. The third-order valence-corrected chi connectivity index (χ3v) is 9.32. The molecule has 2 unspecified atom stereocenters. The normalized spacial score (nSPS) is 13.8. The van der Waals surface area contributed by atoms with E-state index in [1.54, 1.807) is 6.92 Å². The van der Waals surface area contributed by atoms with Gasteiger partial charge in [0.15, 0.2) is 5.78 Å². The lowest BCUT2D eigenvalue weighted by Crippen LogP contribution is -2.61. The van der Waals surface area contributed by atoms with Crippen LogP contribution in [0.3, 0.4) is 0 Å². The molecule has 0 aromatic rings. The van der Waals surface area contributed by atoms with Gasteiger partial charge in [-0.1, -0.05) is 161 Å². The van der Waals surface area contributed by atoms with Crippen LogP contribution < -0.4 is 5.32 Å². The van der Waals surface area contributed by atoms with E-state index in [0.29, 0.717) is 12.8 Å². The number of ketones is 1.